The molecule has 1 rings (SSSR count). The first-order valence-electron chi connectivity index (χ1n) is 11.4. The van der Waals surface area contributed by atoms with Gasteiger partial charge < -0.3 is 0 Å². The predicted octanol–water partition coefficient (Wildman–Crippen LogP) is 8.24. The Balaban J connectivity index is 2.51. The fourth-order valence-electron chi connectivity index (χ4n) is 3.88. The van der Waals surface area contributed by atoms with Crippen molar-refractivity contribution in [3.05, 3.63) is 48.0 Å². The van der Waals surface area contributed by atoms with Gasteiger partial charge in [0.05, 0.1) is 0 Å². The van der Waals surface area contributed by atoms with Crippen molar-refractivity contribution in [2.75, 3.05) is 6.61 Å². The zero-order valence-electron chi connectivity index (χ0n) is 18.5. The van der Waals surface area contributed by atoms with E-state index in [-0.39, 0.29) is 0 Å². The molecule has 0 saturated carbocycles. The summed E-state index contributed by atoms with van der Waals surface area (Å²) in [6.07, 6.45) is 13.5. The SMILES string of the molecule is CCC[CH2][Sn]([CH2]/C=C/[C@@H](C)COCc1ccccc1)([CH2]CCC)[CH2]CCC. The number of benzene rings is 1. The van der Waals surface area contributed by atoms with Gasteiger partial charge >= 0.3 is 174 Å². The predicted molar refractivity (Wildman–Crippen MR) is 124 cm³/mol. The van der Waals surface area contributed by atoms with Crippen LogP contribution in [0.2, 0.25) is 17.7 Å². The summed E-state index contributed by atoms with van der Waals surface area (Å²) in [6, 6.07) is 10.5. The van der Waals surface area contributed by atoms with Crippen molar-refractivity contribution in [1.82, 2.24) is 0 Å². The Kier molecular flexibility index (Phi) is 14.3. The molecule has 0 aliphatic rings. The van der Waals surface area contributed by atoms with E-state index in [9.17, 15) is 0 Å². The van der Waals surface area contributed by atoms with Crippen molar-refractivity contribution in [2.45, 2.75) is 90.6 Å². The van der Waals surface area contributed by atoms with Crippen LogP contribution in [-0.4, -0.2) is 25.0 Å². The summed E-state index contributed by atoms with van der Waals surface area (Å²) in [6.45, 7) is 10.9. The fraction of sp³-hybridized carbons (Fsp3) is 0.680. The molecular formula is C25H44OSn. The van der Waals surface area contributed by atoms with Crippen LogP contribution in [0.3, 0.4) is 0 Å². The second-order valence-corrected chi connectivity index (χ2v) is 22.4. The van der Waals surface area contributed by atoms with Crippen LogP contribution in [0.1, 0.15) is 71.8 Å². The molecule has 1 aromatic rings. The minimum absolute atomic E-state index is 0.515. The third kappa shape index (κ3) is 11.3. The van der Waals surface area contributed by atoms with E-state index in [4.69, 9.17) is 4.74 Å². The van der Waals surface area contributed by atoms with Crippen LogP contribution in [0.25, 0.3) is 0 Å². The number of hydrogen-bond acceptors (Lipinski definition) is 1. The van der Waals surface area contributed by atoms with Gasteiger partial charge in [-0.05, 0) is 0 Å². The molecular weight excluding hydrogens is 435 g/mol. The van der Waals surface area contributed by atoms with Crippen molar-refractivity contribution < 1.29 is 4.74 Å². The second kappa shape index (κ2) is 15.6. The molecule has 0 fully saturated rings. The van der Waals surface area contributed by atoms with Gasteiger partial charge in [0, 0.05) is 0 Å². The zero-order valence-corrected chi connectivity index (χ0v) is 21.4. The van der Waals surface area contributed by atoms with Crippen molar-refractivity contribution in [1.29, 1.82) is 0 Å². The maximum atomic E-state index is 5.92. The topological polar surface area (TPSA) is 9.23 Å². The fourth-order valence-corrected chi connectivity index (χ4v) is 19.0. The molecule has 0 aliphatic heterocycles. The molecule has 2 heteroatoms. The van der Waals surface area contributed by atoms with E-state index in [1.807, 2.05) is 0 Å². The molecule has 0 amide bonds. The summed E-state index contributed by atoms with van der Waals surface area (Å²) in [7, 11) is 0. The van der Waals surface area contributed by atoms with Gasteiger partial charge in [0.2, 0.25) is 0 Å². The molecule has 0 unspecified atom stereocenters. The number of unbranched alkanes of at least 4 members (excludes halogenated alkanes) is 3. The first-order chi connectivity index (χ1) is 13.2. The molecule has 0 spiro atoms. The normalized spacial score (nSPS) is 13.3. The molecule has 0 heterocycles. The van der Waals surface area contributed by atoms with Crippen LogP contribution >= 0.6 is 0 Å². The van der Waals surface area contributed by atoms with E-state index in [0.29, 0.717) is 5.92 Å². The van der Waals surface area contributed by atoms with Crippen LogP contribution in [0.15, 0.2) is 42.5 Å². The van der Waals surface area contributed by atoms with Crippen molar-refractivity contribution in [3.8, 4) is 0 Å². The van der Waals surface area contributed by atoms with E-state index >= 15 is 0 Å². The molecule has 0 N–H and O–H groups in total. The monoisotopic (exact) mass is 480 g/mol. The zero-order chi connectivity index (χ0) is 19.8. The number of allylic oxidation sites excluding steroid dienone is 1. The molecule has 1 aromatic carbocycles. The van der Waals surface area contributed by atoms with E-state index < -0.39 is 18.4 Å². The summed E-state index contributed by atoms with van der Waals surface area (Å²) in [5, 5.41) is 0. The number of hydrogen-bond donors (Lipinski definition) is 0. The third-order valence-corrected chi connectivity index (χ3v) is 20.9. The molecule has 0 radical (unpaired) electrons. The Morgan fingerprint density at radius 1 is 0.889 bits per heavy atom. The van der Waals surface area contributed by atoms with Crippen molar-refractivity contribution in [2.24, 2.45) is 5.92 Å². The van der Waals surface area contributed by atoms with Crippen molar-refractivity contribution in [3.63, 3.8) is 0 Å². The first kappa shape index (κ1) is 24.8. The van der Waals surface area contributed by atoms with E-state index in [1.165, 1.54) is 48.5 Å². The molecule has 27 heavy (non-hydrogen) atoms. The summed E-state index contributed by atoms with van der Waals surface area (Å²) >= 11 is -1.99. The average Bonchev–Trinajstić information content (AvgIpc) is 2.69. The van der Waals surface area contributed by atoms with Crippen LogP contribution in [0.4, 0.5) is 0 Å². The molecule has 0 bridgehead atoms. The van der Waals surface area contributed by atoms with Crippen molar-refractivity contribution >= 4 is 18.4 Å². The minimum atomic E-state index is -1.99. The van der Waals surface area contributed by atoms with Crippen LogP contribution < -0.4 is 0 Å². The number of ether oxygens (including phenoxy) is 1. The Labute approximate surface area is 173 Å². The molecule has 0 aliphatic carbocycles. The van der Waals surface area contributed by atoms with Gasteiger partial charge in [-0.3, -0.25) is 0 Å². The summed E-state index contributed by atoms with van der Waals surface area (Å²) < 4.78 is 12.2. The van der Waals surface area contributed by atoms with E-state index in [1.54, 1.807) is 13.3 Å². The second-order valence-electron chi connectivity index (χ2n) is 8.42. The Morgan fingerprint density at radius 2 is 1.44 bits per heavy atom. The molecule has 1 nitrogen and oxygen atoms in total. The molecule has 1 atom stereocenters. The van der Waals surface area contributed by atoms with Crippen LogP contribution in [0.5, 0.6) is 0 Å². The van der Waals surface area contributed by atoms with E-state index in [2.05, 4.69) is 70.2 Å². The molecule has 0 aromatic heterocycles. The summed E-state index contributed by atoms with van der Waals surface area (Å²) in [5.74, 6) is 0.515. The van der Waals surface area contributed by atoms with Gasteiger partial charge in [0.1, 0.15) is 0 Å². The Hall–Kier alpha value is -0.281. The quantitative estimate of drug-likeness (QED) is 0.171. The average molecular weight is 479 g/mol. The van der Waals surface area contributed by atoms with Gasteiger partial charge in [0.15, 0.2) is 0 Å². The summed E-state index contributed by atoms with van der Waals surface area (Å²) in [4.78, 5) is 0. The van der Waals surface area contributed by atoms with Gasteiger partial charge in [0.25, 0.3) is 0 Å². The van der Waals surface area contributed by atoms with Gasteiger partial charge in [-0.15, -0.1) is 0 Å². The standard InChI is InChI=1S/C13H17O.3C4H9.Sn/c1-3-7-12(2)10-14-11-13-8-5-4-6-9-13;3*1-3-4-2;/h3-9,12H,1,10-11H2,2H3;3*1,3-4H2,2H3;/b7-3+;;;;/t12-;;;;/m1..../s1. The maximum absolute atomic E-state index is 5.92. The van der Waals surface area contributed by atoms with Gasteiger partial charge in [-0.1, -0.05) is 0 Å². The van der Waals surface area contributed by atoms with E-state index in [0.717, 1.165) is 13.2 Å². The van der Waals surface area contributed by atoms with Gasteiger partial charge in [-0.2, -0.15) is 0 Å². The summed E-state index contributed by atoms with van der Waals surface area (Å²) in [5.41, 5.74) is 1.27. The Morgan fingerprint density at radius 3 is 1.96 bits per heavy atom. The Bertz CT molecular complexity index is 461. The number of rotatable bonds is 16. The molecule has 154 valence electrons. The van der Waals surface area contributed by atoms with Crippen LogP contribution in [-0.2, 0) is 11.3 Å². The third-order valence-electron chi connectivity index (χ3n) is 5.69. The van der Waals surface area contributed by atoms with Gasteiger partial charge in [-0.25, -0.2) is 0 Å². The molecule has 0 saturated heterocycles. The first-order valence-corrected chi connectivity index (χ1v) is 19.5. The van der Waals surface area contributed by atoms with Crippen LogP contribution in [0, 0.1) is 5.92 Å².